The zero-order chi connectivity index (χ0) is 45.6. The van der Waals surface area contributed by atoms with Gasteiger partial charge >= 0.3 is 23.9 Å². The number of hydrogen-bond acceptors (Lipinski definition) is 15. The van der Waals surface area contributed by atoms with Crippen LogP contribution in [0.4, 0.5) is 0 Å². The first-order chi connectivity index (χ1) is 29.8. The molecule has 16 heteroatoms. The number of thiophene rings is 1. The number of nitrogens with zero attached hydrogens (tertiary/aromatic N) is 1. The summed E-state index contributed by atoms with van der Waals surface area (Å²) in [6.45, 7) is 17.8. The first-order valence-electron chi connectivity index (χ1n) is 21.1. The standard InChI is InChI=1S/C47H57NO13SSi/c1-28(49)56-40-41(57-29(2)50)43(58-30(3)51)46(60-42(40)45(53)54-7)59-35-21-22-36-37(27-35)62-44(32-15-19-34(20-16-32)61-63(8,9)47(4,5)6)38(36)39(52)31-13-17-33(18-14-31)55-26-25-48-23-11-10-12-24-48/h13-22,27,40-43,46H,10-12,23-26H2,1-9H3. The fourth-order valence-electron chi connectivity index (χ4n) is 7.33. The minimum atomic E-state index is -2.13. The summed E-state index contributed by atoms with van der Waals surface area (Å²) < 4.78 is 47.0. The van der Waals surface area contributed by atoms with Gasteiger partial charge in [0, 0.05) is 53.4 Å². The Morgan fingerprint density at radius 3 is 1.95 bits per heavy atom. The molecule has 3 heterocycles. The lowest BCUT2D eigenvalue weighted by Gasteiger charge is -2.43. The van der Waals surface area contributed by atoms with Crippen molar-refractivity contribution in [1.29, 1.82) is 0 Å². The van der Waals surface area contributed by atoms with E-state index < -0.39 is 62.9 Å². The van der Waals surface area contributed by atoms with Crippen LogP contribution < -0.4 is 13.9 Å². The molecule has 6 rings (SSSR count). The number of ether oxygens (including phenoxy) is 7. The van der Waals surface area contributed by atoms with Crippen LogP contribution >= 0.6 is 11.3 Å². The van der Waals surface area contributed by atoms with Gasteiger partial charge in [-0.25, -0.2) is 4.79 Å². The van der Waals surface area contributed by atoms with Gasteiger partial charge in [0.1, 0.15) is 23.9 Å². The lowest BCUT2D eigenvalue weighted by Crippen LogP contribution is -2.64. The van der Waals surface area contributed by atoms with Gasteiger partial charge in [-0.1, -0.05) is 27.2 Å². The first-order valence-corrected chi connectivity index (χ1v) is 24.8. The van der Waals surface area contributed by atoms with Crippen LogP contribution in [0.5, 0.6) is 17.2 Å². The molecule has 2 saturated heterocycles. The summed E-state index contributed by atoms with van der Waals surface area (Å²) in [6.07, 6.45) is -4.05. The predicted octanol–water partition coefficient (Wildman–Crippen LogP) is 8.12. The average molecular weight is 904 g/mol. The number of hydrogen-bond donors (Lipinski definition) is 0. The number of likely N-dealkylation sites (tertiary alicyclic amines) is 1. The van der Waals surface area contributed by atoms with Crippen molar-refractivity contribution in [3.05, 3.63) is 77.9 Å². The third kappa shape index (κ3) is 11.5. The molecule has 14 nitrogen and oxygen atoms in total. The van der Waals surface area contributed by atoms with Crippen molar-refractivity contribution in [2.45, 2.75) is 110 Å². The Kier molecular flexibility index (Phi) is 15.0. The molecular formula is C47H57NO13SSi. The van der Waals surface area contributed by atoms with E-state index in [2.05, 4.69) is 38.8 Å². The summed E-state index contributed by atoms with van der Waals surface area (Å²) >= 11 is 1.37. The van der Waals surface area contributed by atoms with Crippen molar-refractivity contribution in [2.75, 3.05) is 33.4 Å². The summed E-state index contributed by atoms with van der Waals surface area (Å²) in [6, 6.07) is 20.0. The van der Waals surface area contributed by atoms with Crippen LogP contribution in [0, 0.1) is 0 Å². The van der Waals surface area contributed by atoms with Crippen LogP contribution in [0.2, 0.25) is 18.1 Å². The van der Waals surface area contributed by atoms with Crippen LogP contribution in [0.3, 0.4) is 0 Å². The summed E-state index contributed by atoms with van der Waals surface area (Å²) in [4.78, 5) is 67.7. The highest BCUT2D eigenvalue weighted by Gasteiger charge is 2.56. The number of carbonyl (C=O) groups is 5. The summed E-state index contributed by atoms with van der Waals surface area (Å²) in [5.74, 6) is -1.92. The molecule has 2 aliphatic rings. The van der Waals surface area contributed by atoms with Gasteiger partial charge in [0.2, 0.25) is 20.7 Å². The summed E-state index contributed by atoms with van der Waals surface area (Å²) in [5, 5.41) is 0.647. The van der Waals surface area contributed by atoms with Crippen LogP contribution in [0.1, 0.15) is 76.7 Å². The van der Waals surface area contributed by atoms with Crippen LogP contribution in [-0.4, -0.2) is 107 Å². The number of piperidine rings is 1. The lowest BCUT2D eigenvalue weighted by molar-refractivity contribution is -0.282. The Bertz CT molecular complexity index is 2280. The van der Waals surface area contributed by atoms with Gasteiger partial charge in [0.05, 0.1) is 7.11 Å². The van der Waals surface area contributed by atoms with Crippen LogP contribution in [0.15, 0.2) is 66.7 Å². The van der Waals surface area contributed by atoms with E-state index in [1.54, 1.807) is 30.3 Å². The van der Waals surface area contributed by atoms with Gasteiger partial charge in [-0.05, 0) is 116 Å². The van der Waals surface area contributed by atoms with E-state index in [0.717, 1.165) is 58.8 Å². The number of methoxy groups -OCH3 is 1. The van der Waals surface area contributed by atoms with Crippen LogP contribution in [0.25, 0.3) is 20.5 Å². The number of benzene rings is 3. The second-order valence-electron chi connectivity index (χ2n) is 17.2. The van der Waals surface area contributed by atoms with Crippen molar-refractivity contribution >= 4 is 59.4 Å². The van der Waals surface area contributed by atoms with E-state index in [9.17, 15) is 24.0 Å². The van der Waals surface area contributed by atoms with Gasteiger partial charge in [-0.2, -0.15) is 0 Å². The molecule has 5 unspecified atom stereocenters. The molecule has 0 radical (unpaired) electrons. The molecule has 1 aromatic heterocycles. The predicted molar refractivity (Wildman–Crippen MR) is 239 cm³/mol. The third-order valence-corrected chi connectivity index (χ3v) is 17.1. The van der Waals surface area contributed by atoms with E-state index in [1.165, 1.54) is 30.6 Å². The normalized spacial score (nSPS) is 20.6. The van der Waals surface area contributed by atoms with Gasteiger partial charge in [-0.15, -0.1) is 11.3 Å². The molecule has 5 atom stereocenters. The molecule has 2 aliphatic heterocycles. The number of esters is 4. The van der Waals surface area contributed by atoms with Gasteiger partial charge in [-0.3, -0.25) is 24.1 Å². The monoisotopic (exact) mass is 903 g/mol. The maximum Gasteiger partial charge on any atom is 0.339 e. The van der Waals surface area contributed by atoms with Crippen molar-refractivity contribution in [3.8, 4) is 27.7 Å². The maximum atomic E-state index is 14.6. The summed E-state index contributed by atoms with van der Waals surface area (Å²) in [5.41, 5.74) is 1.76. The molecular weight excluding hydrogens is 847 g/mol. The Morgan fingerprint density at radius 2 is 1.35 bits per heavy atom. The highest BCUT2D eigenvalue weighted by atomic mass is 32.1. The van der Waals surface area contributed by atoms with Crippen LogP contribution in [-0.2, 0) is 42.9 Å². The fourth-order valence-corrected chi connectivity index (χ4v) is 9.60. The minimum Gasteiger partial charge on any atom is -0.544 e. The largest absolute Gasteiger partial charge is 0.544 e. The zero-order valence-corrected chi connectivity index (χ0v) is 39.2. The Morgan fingerprint density at radius 1 is 0.762 bits per heavy atom. The molecule has 0 N–H and O–H groups in total. The maximum absolute atomic E-state index is 14.6. The number of fused-ring (bicyclic) bond motifs is 1. The molecule has 3 aromatic carbocycles. The van der Waals surface area contributed by atoms with Crippen molar-refractivity contribution in [2.24, 2.45) is 0 Å². The van der Waals surface area contributed by atoms with E-state index in [0.29, 0.717) is 38.4 Å². The SMILES string of the molecule is COC(=O)C1OC(Oc2ccc3c(C(=O)c4ccc(OCCN5CCCCC5)cc4)c(-c4ccc(O[Si](C)(C)C(C)(C)C)cc4)sc3c2)C(OC(C)=O)C(OC(C)=O)C1OC(C)=O. The molecule has 0 saturated carbocycles. The molecule has 0 bridgehead atoms. The third-order valence-electron chi connectivity index (χ3n) is 11.5. The second-order valence-corrected chi connectivity index (χ2v) is 23.0. The van der Waals surface area contributed by atoms with Gasteiger partial charge in [0.15, 0.2) is 24.1 Å². The lowest BCUT2D eigenvalue weighted by atomic mass is 9.97. The molecule has 0 amide bonds. The quantitative estimate of drug-likeness (QED) is 0.0487. The van der Waals surface area contributed by atoms with Gasteiger partial charge < -0.3 is 37.6 Å². The molecule has 4 aromatic rings. The molecule has 2 fully saturated rings. The minimum absolute atomic E-state index is 0.00306. The zero-order valence-electron chi connectivity index (χ0n) is 37.4. The fraction of sp³-hybridized carbons (Fsp3) is 0.468. The number of rotatable bonds is 15. The molecule has 63 heavy (non-hydrogen) atoms. The highest BCUT2D eigenvalue weighted by Crippen LogP contribution is 2.43. The van der Waals surface area contributed by atoms with E-state index >= 15 is 0 Å². The van der Waals surface area contributed by atoms with E-state index in [-0.39, 0.29) is 16.6 Å². The molecule has 338 valence electrons. The summed E-state index contributed by atoms with van der Waals surface area (Å²) in [7, 11) is -1.02. The van der Waals surface area contributed by atoms with Crippen molar-refractivity contribution in [3.63, 3.8) is 0 Å². The Labute approximate surface area is 373 Å². The number of ketones is 1. The average Bonchev–Trinajstić information content (AvgIpc) is 3.61. The molecule has 0 spiro atoms. The Balaban J connectivity index is 1.35. The van der Waals surface area contributed by atoms with E-state index in [1.807, 2.05) is 36.4 Å². The topological polar surface area (TPSA) is 162 Å². The highest BCUT2D eigenvalue weighted by molar-refractivity contribution is 7.22. The van der Waals surface area contributed by atoms with Crippen molar-refractivity contribution in [1.82, 2.24) is 4.90 Å². The first kappa shape index (κ1) is 47.2. The molecule has 0 aliphatic carbocycles. The number of carbonyl (C=O) groups excluding carboxylic acids is 5. The van der Waals surface area contributed by atoms with Gasteiger partial charge in [0.25, 0.3) is 0 Å². The van der Waals surface area contributed by atoms with E-state index in [4.69, 9.17) is 37.6 Å². The smallest absolute Gasteiger partial charge is 0.339 e. The Hall–Kier alpha value is -5.29. The van der Waals surface area contributed by atoms with Crippen molar-refractivity contribution < 1.29 is 61.6 Å². The second kappa shape index (κ2) is 20.0.